The zero-order valence-corrected chi connectivity index (χ0v) is 23.6. The summed E-state index contributed by atoms with van der Waals surface area (Å²) < 4.78 is 10.4. The van der Waals surface area contributed by atoms with Crippen molar-refractivity contribution in [1.29, 1.82) is 0 Å². The zero-order valence-electron chi connectivity index (χ0n) is 23.6. The van der Waals surface area contributed by atoms with Gasteiger partial charge in [0.25, 0.3) is 11.8 Å². The molecule has 5 atom stereocenters. The number of fused-ring (bicyclic) bond motifs is 2. The Morgan fingerprint density at radius 3 is 2.68 bits per heavy atom. The van der Waals surface area contributed by atoms with E-state index in [1.54, 1.807) is 18.1 Å². The molecule has 1 aromatic carbocycles. The van der Waals surface area contributed by atoms with Crippen molar-refractivity contribution >= 4 is 40.2 Å². The van der Waals surface area contributed by atoms with E-state index in [9.17, 15) is 24.0 Å². The summed E-state index contributed by atoms with van der Waals surface area (Å²) >= 11 is 0. The maximum Gasteiger partial charge on any atom is 0.289 e. The fraction of sp³-hybridized carbons (Fsp3) is 0.567. The van der Waals surface area contributed by atoms with Crippen LogP contribution in [0.5, 0.6) is 5.75 Å². The van der Waals surface area contributed by atoms with E-state index in [1.807, 2.05) is 18.2 Å². The molecule has 2 heterocycles. The molecule has 2 saturated carbocycles. The van der Waals surface area contributed by atoms with E-state index in [1.165, 1.54) is 7.11 Å². The Balaban J connectivity index is 1.38. The standard InChI is InChI=1S/C30H38N4O7/c1-40-13-12-31-29(38)27(36)22(14-17-6-4-10-24(17)35)33-28(37)26-19-8-3-7-18(19)16-34(26)30(39)23-15-20-21(32-23)9-5-11-25(20)41-2/h5,9,11,15,17-19,22,26,32H,3-4,6-8,10,12-14,16H2,1-2H3,(H,31,38)(H,33,37)/t17-,18-,19-,22-,26-/m0/s1. The SMILES string of the molecule is COCCNC(=O)C(=O)[C@H](C[C@@H]1CCCC1=O)NC(=O)[C@@H]1[C@H]2CCC[C@H]2CN1C(=O)c1cc2c(OC)cccc2[nH]1. The first-order chi connectivity index (χ1) is 19.8. The van der Waals surface area contributed by atoms with Gasteiger partial charge in [0.2, 0.25) is 11.7 Å². The topological polar surface area (TPSA) is 147 Å². The van der Waals surface area contributed by atoms with Crippen molar-refractivity contribution in [3.63, 3.8) is 0 Å². The van der Waals surface area contributed by atoms with Crippen LogP contribution in [0, 0.1) is 17.8 Å². The average molecular weight is 567 g/mol. The van der Waals surface area contributed by atoms with E-state index in [0.717, 1.165) is 36.6 Å². The Hall–Kier alpha value is -3.73. The van der Waals surface area contributed by atoms with Crippen molar-refractivity contribution in [1.82, 2.24) is 20.5 Å². The molecule has 2 aromatic rings. The molecule has 0 bridgehead atoms. The fourth-order valence-corrected chi connectivity index (χ4v) is 6.85. The number of hydrogen-bond acceptors (Lipinski definition) is 7. The number of ether oxygens (including phenoxy) is 2. The lowest BCUT2D eigenvalue weighted by Crippen LogP contribution is -2.55. The van der Waals surface area contributed by atoms with Crippen LogP contribution < -0.4 is 15.4 Å². The van der Waals surface area contributed by atoms with Gasteiger partial charge in [-0.15, -0.1) is 0 Å². The number of nitrogens with zero attached hydrogens (tertiary/aromatic N) is 1. The average Bonchev–Trinajstić information content (AvgIpc) is 3.75. The normalized spacial score (nSPS) is 24.3. The summed E-state index contributed by atoms with van der Waals surface area (Å²) in [6.45, 7) is 0.818. The van der Waals surface area contributed by atoms with Crippen LogP contribution in [-0.2, 0) is 23.9 Å². The number of Topliss-reactive ketones (excluding diaryl/α,β-unsaturated/α-hetero) is 2. The highest BCUT2D eigenvalue weighted by Gasteiger charge is 2.50. The molecule has 11 heteroatoms. The number of rotatable bonds is 11. The van der Waals surface area contributed by atoms with Crippen LogP contribution in [-0.4, -0.2) is 85.2 Å². The number of nitrogens with one attached hydrogen (secondary N) is 3. The van der Waals surface area contributed by atoms with E-state index in [2.05, 4.69) is 15.6 Å². The molecule has 2 aliphatic carbocycles. The molecule has 0 unspecified atom stereocenters. The Bertz CT molecular complexity index is 1340. The number of methoxy groups -OCH3 is 2. The summed E-state index contributed by atoms with van der Waals surface area (Å²) in [7, 11) is 3.06. The Morgan fingerprint density at radius 2 is 1.95 bits per heavy atom. The maximum atomic E-state index is 13.9. The molecular formula is C30H38N4O7. The summed E-state index contributed by atoms with van der Waals surface area (Å²) in [5, 5.41) is 6.10. The predicted octanol–water partition coefficient (Wildman–Crippen LogP) is 1.99. The highest BCUT2D eigenvalue weighted by atomic mass is 16.5. The maximum absolute atomic E-state index is 13.9. The van der Waals surface area contributed by atoms with Crippen LogP contribution in [0.1, 0.15) is 55.4 Å². The highest BCUT2D eigenvalue weighted by molar-refractivity contribution is 6.38. The minimum atomic E-state index is -1.16. The number of ketones is 2. The Labute approximate surface area is 238 Å². The first-order valence-electron chi connectivity index (χ1n) is 14.4. The van der Waals surface area contributed by atoms with Gasteiger partial charge in [-0.25, -0.2) is 0 Å². The van der Waals surface area contributed by atoms with Crippen LogP contribution in [0.3, 0.4) is 0 Å². The number of amides is 3. The number of likely N-dealkylation sites (tertiary alicyclic amines) is 1. The molecule has 1 aromatic heterocycles. The van der Waals surface area contributed by atoms with Crippen molar-refractivity contribution in [2.75, 3.05) is 33.9 Å². The number of aromatic amines is 1. The van der Waals surface area contributed by atoms with Gasteiger partial charge in [-0.1, -0.05) is 12.5 Å². The number of carbonyl (C=O) groups excluding carboxylic acids is 5. The van der Waals surface area contributed by atoms with Crippen LogP contribution >= 0.6 is 0 Å². The monoisotopic (exact) mass is 566 g/mol. The fourth-order valence-electron chi connectivity index (χ4n) is 6.85. The summed E-state index contributed by atoms with van der Waals surface area (Å²) in [5.74, 6) is -1.97. The van der Waals surface area contributed by atoms with Gasteiger partial charge < -0.3 is 30.0 Å². The third kappa shape index (κ3) is 5.86. The number of H-pyrrole nitrogens is 1. The van der Waals surface area contributed by atoms with E-state index < -0.39 is 35.6 Å². The largest absolute Gasteiger partial charge is 0.496 e. The van der Waals surface area contributed by atoms with E-state index in [4.69, 9.17) is 9.47 Å². The van der Waals surface area contributed by atoms with Gasteiger partial charge in [-0.3, -0.25) is 24.0 Å². The van der Waals surface area contributed by atoms with Crippen molar-refractivity contribution < 1.29 is 33.4 Å². The minimum Gasteiger partial charge on any atom is -0.496 e. The van der Waals surface area contributed by atoms with Gasteiger partial charge in [-0.2, -0.15) is 0 Å². The minimum absolute atomic E-state index is 0.0413. The van der Waals surface area contributed by atoms with Crippen molar-refractivity contribution in [2.45, 2.75) is 57.0 Å². The van der Waals surface area contributed by atoms with Gasteiger partial charge in [-0.05, 0) is 62.1 Å². The van der Waals surface area contributed by atoms with Crippen LogP contribution in [0.25, 0.3) is 10.9 Å². The Morgan fingerprint density at radius 1 is 1.12 bits per heavy atom. The molecule has 41 heavy (non-hydrogen) atoms. The third-order valence-corrected chi connectivity index (χ3v) is 8.89. The van der Waals surface area contributed by atoms with Crippen LogP contribution in [0.15, 0.2) is 24.3 Å². The number of hydrogen-bond donors (Lipinski definition) is 3. The third-order valence-electron chi connectivity index (χ3n) is 8.89. The lowest BCUT2D eigenvalue weighted by molar-refractivity contribution is -0.141. The van der Waals surface area contributed by atoms with Gasteiger partial charge in [0.05, 0.1) is 19.8 Å². The van der Waals surface area contributed by atoms with E-state index >= 15 is 0 Å². The molecule has 220 valence electrons. The second-order valence-corrected chi connectivity index (χ2v) is 11.3. The van der Waals surface area contributed by atoms with E-state index in [0.29, 0.717) is 30.8 Å². The molecule has 5 rings (SSSR count). The van der Waals surface area contributed by atoms with Gasteiger partial charge >= 0.3 is 0 Å². The van der Waals surface area contributed by atoms with E-state index in [-0.39, 0.29) is 43.1 Å². The highest BCUT2D eigenvalue weighted by Crippen LogP contribution is 2.43. The molecule has 1 aliphatic heterocycles. The summed E-state index contributed by atoms with van der Waals surface area (Å²) in [6, 6.07) is 5.30. The molecule has 0 radical (unpaired) electrons. The first-order valence-corrected chi connectivity index (χ1v) is 14.4. The van der Waals surface area contributed by atoms with Gasteiger partial charge in [0.1, 0.15) is 23.3 Å². The van der Waals surface area contributed by atoms with Crippen molar-refractivity contribution in [3.8, 4) is 5.75 Å². The molecule has 1 saturated heterocycles. The lowest BCUT2D eigenvalue weighted by Gasteiger charge is -2.29. The van der Waals surface area contributed by atoms with Gasteiger partial charge in [0.15, 0.2) is 0 Å². The number of carbonyl (C=O) groups is 5. The Kier molecular flexibility index (Phi) is 8.72. The predicted molar refractivity (Wildman–Crippen MR) is 149 cm³/mol. The van der Waals surface area contributed by atoms with Crippen LogP contribution in [0.2, 0.25) is 0 Å². The summed E-state index contributed by atoms with van der Waals surface area (Å²) in [5.41, 5.74) is 1.10. The van der Waals surface area contributed by atoms with Gasteiger partial charge in [0, 0.05) is 43.4 Å². The molecule has 3 N–H and O–H groups in total. The zero-order chi connectivity index (χ0) is 29.1. The second-order valence-electron chi connectivity index (χ2n) is 11.3. The molecule has 0 spiro atoms. The van der Waals surface area contributed by atoms with Crippen LogP contribution in [0.4, 0.5) is 0 Å². The molecule has 3 amide bonds. The number of benzene rings is 1. The lowest BCUT2D eigenvalue weighted by atomic mass is 9.91. The number of aromatic nitrogens is 1. The van der Waals surface area contributed by atoms with Crippen molar-refractivity contribution in [2.24, 2.45) is 17.8 Å². The first kappa shape index (κ1) is 28.8. The smallest absolute Gasteiger partial charge is 0.289 e. The summed E-state index contributed by atoms with van der Waals surface area (Å²) in [4.78, 5) is 70.9. The molecule has 3 aliphatic rings. The quantitative estimate of drug-likeness (QED) is 0.278. The summed E-state index contributed by atoms with van der Waals surface area (Å²) in [6.07, 6.45) is 4.52. The molecular weight excluding hydrogens is 528 g/mol. The second kappa shape index (κ2) is 12.4. The molecule has 11 nitrogen and oxygen atoms in total. The van der Waals surface area contributed by atoms with Crippen molar-refractivity contribution in [3.05, 3.63) is 30.0 Å². The molecule has 3 fully saturated rings.